The normalized spacial score (nSPS) is 28.0. The number of benzene rings is 1. The number of fused-ring (bicyclic) bond motifs is 1. The molecule has 5 heteroatoms. The van der Waals surface area contributed by atoms with Crippen molar-refractivity contribution in [3.8, 4) is 5.75 Å². The summed E-state index contributed by atoms with van der Waals surface area (Å²) in [7, 11) is 0. The maximum absolute atomic E-state index is 12.6. The van der Waals surface area contributed by atoms with Crippen LogP contribution in [0.25, 0.3) is 0 Å². The Bertz CT molecular complexity index is 557. The molecule has 120 valence electrons. The van der Waals surface area contributed by atoms with Gasteiger partial charge in [-0.15, -0.1) is 12.4 Å². The summed E-state index contributed by atoms with van der Waals surface area (Å²) >= 11 is 0. The van der Waals surface area contributed by atoms with Crippen LogP contribution in [0.3, 0.4) is 0 Å². The van der Waals surface area contributed by atoms with E-state index in [2.05, 4.69) is 16.7 Å². The molecule has 0 radical (unpaired) electrons. The van der Waals surface area contributed by atoms with Crippen LogP contribution >= 0.6 is 12.4 Å². The zero-order chi connectivity index (χ0) is 14.3. The number of rotatable bonds is 2. The minimum atomic E-state index is 0. The van der Waals surface area contributed by atoms with Gasteiger partial charge in [-0.2, -0.15) is 0 Å². The number of piperidine rings is 1. The standard InChI is InChI=1S/C17H22N2O2.ClH/c20-16(13-11-17(13)6-8-18-9-7-17)19-14-5-10-21-15-4-2-1-3-12(14)15;/h1-4,13-14,18H,5-11H2,(H,19,20);1H. The molecule has 1 aromatic rings. The highest BCUT2D eigenvalue weighted by atomic mass is 35.5. The summed E-state index contributed by atoms with van der Waals surface area (Å²) in [6.45, 7) is 2.80. The number of para-hydroxylation sites is 1. The number of carbonyl (C=O) groups is 1. The molecular weight excluding hydrogens is 300 g/mol. The molecule has 1 aliphatic carbocycles. The fourth-order valence-corrected chi connectivity index (χ4v) is 3.96. The van der Waals surface area contributed by atoms with Gasteiger partial charge >= 0.3 is 0 Å². The fraction of sp³-hybridized carbons (Fsp3) is 0.588. The molecule has 1 saturated heterocycles. The van der Waals surface area contributed by atoms with Crippen molar-refractivity contribution in [1.29, 1.82) is 0 Å². The molecule has 2 N–H and O–H groups in total. The van der Waals surface area contributed by atoms with Crippen molar-refractivity contribution in [2.75, 3.05) is 19.7 Å². The molecule has 1 aromatic carbocycles. The summed E-state index contributed by atoms with van der Waals surface area (Å²) in [6, 6.07) is 8.15. The Morgan fingerprint density at radius 2 is 2.05 bits per heavy atom. The topological polar surface area (TPSA) is 50.4 Å². The van der Waals surface area contributed by atoms with E-state index in [0.717, 1.165) is 50.1 Å². The van der Waals surface area contributed by atoms with Gasteiger partial charge in [-0.05, 0) is 43.8 Å². The molecule has 3 aliphatic rings. The average Bonchev–Trinajstić information content (AvgIpc) is 3.22. The molecule has 2 aliphatic heterocycles. The number of carbonyl (C=O) groups excluding carboxylic acids is 1. The van der Waals surface area contributed by atoms with Crippen LogP contribution in [0.15, 0.2) is 24.3 Å². The Balaban J connectivity index is 0.00000144. The molecule has 2 unspecified atom stereocenters. The smallest absolute Gasteiger partial charge is 0.224 e. The van der Waals surface area contributed by atoms with Gasteiger partial charge in [-0.25, -0.2) is 0 Å². The predicted molar refractivity (Wildman–Crippen MR) is 87.3 cm³/mol. The summed E-state index contributed by atoms with van der Waals surface area (Å²) in [5, 5.41) is 6.66. The summed E-state index contributed by atoms with van der Waals surface area (Å²) in [4.78, 5) is 12.6. The minimum absolute atomic E-state index is 0. The summed E-state index contributed by atoms with van der Waals surface area (Å²) < 4.78 is 5.66. The van der Waals surface area contributed by atoms with Gasteiger partial charge in [0.25, 0.3) is 0 Å². The largest absolute Gasteiger partial charge is 0.493 e. The fourth-order valence-electron chi connectivity index (χ4n) is 3.96. The first kappa shape index (κ1) is 15.6. The van der Waals surface area contributed by atoms with E-state index in [1.54, 1.807) is 0 Å². The third-order valence-corrected chi connectivity index (χ3v) is 5.38. The van der Waals surface area contributed by atoms with Crippen molar-refractivity contribution in [2.45, 2.75) is 31.7 Å². The maximum atomic E-state index is 12.6. The van der Waals surface area contributed by atoms with Crippen molar-refractivity contribution in [2.24, 2.45) is 11.3 Å². The van der Waals surface area contributed by atoms with Gasteiger partial charge in [0.2, 0.25) is 5.91 Å². The van der Waals surface area contributed by atoms with Crippen LogP contribution in [0.5, 0.6) is 5.75 Å². The summed E-state index contributed by atoms with van der Waals surface area (Å²) in [6.07, 6.45) is 4.24. The second kappa shape index (κ2) is 6.09. The summed E-state index contributed by atoms with van der Waals surface area (Å²) in [5.74, 6) is 1.40. The Kier molecular flexibility index (Phi) is 4.33. The molecule has 4 nitrogen and oxygen atoms in total. The van der Waals surface area contributed by atoms with E-state index in [1.165, 1.54) is 0 Å². The van der Waals surface area contributed by atoms with Crippen molar-refractivity contribution < 1.29 is 9.53 Å². The first-order chi connectivity index (χ1) is 10.3. The highest BCUT2D eigenvalue weighted by molar-refractivity contribution is 5.85. The molecule has 0 aromatic heterocycles. The lowest BCUT2D eigenvalue weighted by Gasteiger charge is -2.28. The van der Waals surface area contributed by atoms with Crippen LogP contribution in [0.1, 0.15) is 37.3 Å². The number of nitrogens with one attached hydrogen (secondary N) is 2. The van der Waals surface area contributed by atoms with Crippen molar-refractivity contribution >= 4 is 18.3 Å². The first-order valence-corrected chi connectivity index (χ1v) is 8.01. The van der Waals surface area contributed by atoms with E-state index in [4.69, 9.17) is 4.74 Å². The highest BCUT2D eigenvalue weighted by Crippen LogP contribution is 2.58. The lowest BCUT2D eigenvalue weighted by Crippen LogP contribution is -2.36. The zero-order valence-corrected chi connectivity index (χ0v) is 13.5. The van der Waals surface area contributed by atoms with E-state index in [1.807, 2.05) is 18.2 Å². The average molecular weight is 323 g/mol. The van der Waals surface area contributed by atoms with E-state index in [0.29, 0.717) is 12.0 Å². The second-order valence-corrected chi connectivity index (χ2v) is 6.61. The molecule has 2 heterocycles. The summed E-state index contributed by atoms with van der Waals surface area (Å²) in [5.41, 5.74) is 1.43. The second-order valence-electron chi connectivity index (χ2n) is 6.61. The van der Waals surface area contributed by atoms with E-state index in [-0.39, 0.29) is 30.3 Å². The van der Waals surface area contributed by atoms with Crippen LogP contribution in [0.2, 0.25) is 0 Å². The third kappa shape index (κ3) is 2.70. The number of halogens is 1. The molecule has 2 fully saturated rings. The van der Waals surface area contributed by atoms with E-state index < -0.39 is 0 Å². The number of amides is 1. The third-order valence-electron chi connectivity index (χ3n) is 5.38. The van der Waals surface area contributed by atoms with Crippen LogP contribution in [-0.4, -0.2) is 25.6 Å². The SMILES string of the molecule is Cl.O=C(NC1CCOc2ccccc21)C1CC12CCNCC2. The lowest BCUT2D eigenvalue weighted by molar-refractivity contribution is -0.124. The number of hydrogen-bond acceptors (Lipinski definition) is 3. The van der Waals surface area contributed by atoms with Crippen LogP contribution in [0, 0.1) is 11.3 Å². The molecule has 22 heavy (non-hydrogen) atoms. The highest BCUT2D eigenvalue weighted by Gasteiger charge is 2.57. The maximum Gasteiger partial charge on any atom is 0.224 e. The lowest BCUT2D eigenvalue weighted by atomic mass is 9.91. The van der Waals surface area contributed by atoms with Gasteiger partial charge < -0.3 is 15.4 Å². The monoisotopic (exact) mass is 322 g/mol. The Hall–Kier alpha value is -1.26. The minimum Gasteiger partial charge on any atom is -0.493 e. The van der Waals surface area contributed by atoms with Gasteiger partial charge in [0.15, 0.2) is 0 Å². The molecule has 1 saturated carbocycles. The van der Waals surface area contributed by atoms with Crippen molar-refractivity contribution in [3.63, 3.8) is 0 Å². The quantitative estimate of drug-likeness (QED) is 0.879. The van der Waals surface area contributed by atoms with Crippen molar-refractivity contribution in [3.05, 3.63) is 29.8 Å². The molecule has 1 spiro atoms. The van der Waals surface area contributed by atoms with Crippen LogP contribution in [-0.2, 0) is 4.79 Å². The first-order valence-electron chi connectivity index (χ1n) is 8.01. The molecule has 0 bridgehead atoms. The molecule has 2 atom stereocenters. The van der Waals surface area contributed by atoms with Crippen molar-refractivity contribution in [1.82, 2.24) is 10.6 Å². The Morgan fingerprint density at radius 3 is 2.86 bits per heavy atom. The molecular formula is C17H23ClN2O2. The van der Waals surface area contributed by atoms with Crippen LogP contribution in [0.4, 0.5) is 0 Å². The number of ether oxygens (including phenoxy) is 1. The number of hydrogen-bond donors (Lipinski definition) is 2. The van der Waals surface area contributed by atoms with Gasteiger partial charge in [-0.3, -0.25) is 4.79 Å². The van der Waals surface area contributed by atoms with Gasteiger partial charge in [0.1, 0.15) is 5.75 Å². The Morgan fingerprint density at radius 1 is 1.27 bits per heavy atom. The van der Waals surface area contributed by atoms with E-state index >= 15 is 0 Å². The predicted octanol–water partition coefficient (Wildman–Crippen LogP) is 2.44. The van der Waals surface area contributed by atoms with Crippen LogP contribution < -0.4 is 15.4 Å². The zero-order valence-electron chi connectivity index (χ0n) is 12.6. The Labute approximate surface area is 137 Å². The molecule has 1 amide bonds. The van der Waals surface area contributed by atoms with Gasteiger partial charge in [0, 0.05) is 17.9 Å². The van der Waals surface area contributed by atoms with Gasteiger partial charge in [0.05, 0.1) is 12.6 Å². The molecule has 4 rings (SSSR count). The van der Waals surface area contributed by atoms with E-state index in [9.17, 15) is 4.79 Å². The van der Waals surface area contributed by atoms with Gasteiger partial charge in [-0.1, -0.05) is 18.2 Å².